The molecule has 0 N–H and O–H groups in total. The number of halogens is 6. The zero-order valence-corrected chi connectivity index (χ0v) is 20.8. The van der Waals surface area contributed by atoms with Crippen LogP contribution in [-0.4, -0.2) is 0 Å². The van der Waals surface area contributed by atoms with Crippen LogP contribution in [-0.2, 0) is 12.4 Å². The number of hydrogen-bond acceptors (Lipinski definition) is 4. The Morgan fingerprint density at radius 2 is 0.929 bits per heavy atom. The molecular weight excluding hydrogens is 562 g/mol. The second kappa shape index (κ2) is 11.3. The molecule has 0 fully saturated rings. The summed E-state index contributed by atoms with van der Waals surface area (Å²) in [6.07, 6.45) is -9.32. The molecule has 0 aliphatic rings. The number of benzene rings is 4. The number of nitrogens with zero attached hydrogens (tertiary/aromatic N) is 4. The number of rotatable bonds is 4. The Balaban J connectivity index is 2.15. The number of fused-ring (bicyclic) bond motifs is 1. The Bertz CT molecular complexity index is 1810. The van der Waals surface area contributed by atoms with E-state index in [4.69, 9.17) is 22.6 Å². The maximum Gasteiger partial charge on any atom is 0.416 e. The Morgan fingerprint density at radius 1 is 0.595 bits per heavy atom. The average molecular weight is 574 g/mol. The smallest absolute Gasteiger partial charge is 0.416 e. The van der Waals surface area contributed by atoms with Gasteiger partial charge in [-0.25, -0.2) is 20.2 Å². The lowest BCUT2D eigenvalue weighted by Crippen LogP contribution is -2.21. The van der Waals surface area contributed by atoms with E-state index in [0.717, 1.165) is 48.5 Å². The highest BCUT2D eigenvalue weighted by atomic mass is 19.4. The lowest BCUT2D eigenvalue weighted by molar-refractivity contribution is -0.138. The Kier molecular flexibility index (Phi) is 7.77. The fourth-order valence-electron chi connectivity index (χ4n) is 3.99. The van der Waals surface area contributed by atoms with Crippen LogP contribution in [0.1, 0.15) is 11.1 Å². The second-order valence-electron chi connectivity index (χ2n) is 8.35. The van der Waals surface area contributed by atoms with Gasteiger partial charge in [-0.2, -0.15) is 26.3 Å². The van der Waals surface area contributed by atoms with Crippen molar-refractivity contribution in [1.29, 1.82) is 10.5 Å². The van der Waals surface area contributed by atoms with E-state index >= 15 is 0 Å². The molecule has 12 heteroatoms. The molecule has 0 spiro atoms. The summed E-state index contributed by atoms with van der Waals surface area (Å²) in [7, 11) is 0. The zero-order valence-electron chi connectivity index (χ0n) is 20.8. The van der Waals surface area contributed by atoms with Crippen molar-refractivity contribution in [1.82, 2.24) is 0 Å². The first-order valence-electron chi connectivity index (χ1n) is 11.5. The van der Waals surface area contributed by atoms with Gasteiger partial charge in [0.2, 0.25) is 0 Å². The van der Waals surface area contributed by atoms with E-state index in [0.29, 0.717) is 0 Å². The highest BCUT2D eigenvalue weighted by Gasteiger charge is 2.31. The molecule has 0 atom stereocenters. The van der Waals surface area contributed by atoms with Crippen LogP contribution in [0.25, 0.3) is 31.9 Å². The fraction of sp³-hybridized carbons (Fsp3) is 0.0667. The molecule has 6 nitrogen and oxygen atoms in total. The fourth-order valence-corrected chi connectivity index (χ4v) is 3.99. The molecular formula is C30H12F6N4O2. The number of alkyl halides is 6. The third-order valence-corrected chi connectivity index (χ3v) is 5.84. The van der Waals surface area contributed by atoms with Gasteiger partial charge in [-0.15, -0.1) is 0 Å². The molecule has 0 saturated heterocycles. The van der Waals surface area contributed by atoms with E-state index in [1.807, 2.05) is 0 Å². The normalized spacial score (nSPS) is 12.7. The van der Waals surface area contributed by atoms with Crippen molar-refractivity contribution in [2.75, 3.05) is 0 Å². The van der Waals surface area contributed by atoms with Gasteiger partial charge in [0, 0.05) is 10.4 Å². The molecule has 206 valence electrons. The van der Waals surface area contributed by atoms with Crippen molar-refractivity contribution in [2.24, 2.45) is 0 Å². The van der Waals surface area contributed by atoms with Crippen molar-refractivity contribution < 1.29 is 35.8 Å². The molecule has 0 aromatic heterocycles. The minimum Gasteiger partial charge on any atom is -0.454 e. The monoisotopic (exact) mass is 574 g/mol. The summed E-state index contributed by atoms with van der Waals surface area (Å²) in [5.74, 6) is -1.25. The van der Waals surface area contributed by atoms with Gasteiger partial charge in [-0.1, -0.05) is 24.3 Å². The van der Waals surface area contributed by atoms with Crippen LogP contribution in [0.3, 0.4) is 0 Å². The molecule has 42 heavy (non-hydrogen) atoms. The lowest BCUT2D eigenvalue weighted by Gasteiger charge is -2.18. The first-order chi connectivity index (χ1) is 19.9. The maximum absolute atomic E-state index is 13.1. The van der Waals surface area contributed by atoms with Crippen LogP contribution in [0, 0.1) is 35.8 Å². The van der Waals surface area contributed by atoms with Crippen molar-refractivity contribution in [2.45, 2.75) is 12.4 Å². The summed E-state index contributed by atoms with van der Waals surface area (Å²) in [6, 6.07) is 16.3. The molecule has 0 unspecified atom stereocenters. The van der Waals surface area contributed by atoms with E-state index in [2.05, 4.69) is 9.69 Å². The van der Waals surface area contributed by atoms with Gasteiger partial charge >= 0.3 is 12.4 Å². The Labute approximate surface area is 233 Å². The highest BCUT2D eigenvalue weighted by Crippen LogP contribution is 2.36. The van der Waals surface area contributed by atoms with Gasteiger partial charge in [0.1, 0.15) is 11.5 Å². The van der Waals surface area contributed by atoms with Crippen LogP contribution < -0.4 is 19.9 Å². The molecule has 0 aliphatic carbocycles. The predicted molar refractivity (Wildman–Crippen MR) is 137 cm³/mol. The topological polar surface area (TPSA) is 74.8 Å². The summed E-state index contributed by atoms with van der Waals surface area (Å²) in [5, 5.41) is 19.5. The van der Waals surface area contributed by atoms with Gasteiger partial charge < -0.3 is 9.47 Å². The first-order valence-corrected chi connectivity index (χ1v) is 11.5. The molecule has 0 saturated carbocycles. The first kappa shape index (κ1) is 29.0. The second-order valence-corrected chi connectivity index (χ2v) is 8.35. The zero-order chi connectivity index (χ0) is 30.7. The minimum absolute atomic E-state index is 0.165. The Hall–Kier alpha value is -5.98. The van der Waals surface area contributed by atoms with Crippen molar-refractivity contribution >= 4 is 22.2 Å². The minimum atomic E-state index is -4.66. The van der Waals surface area contributed by atoms with E-state index in [1.165, 1.54) is 24.3 Å². The largest absolute Gasteiger partial charge is 0.454 e. The van der Waals surface area contributed by atoms with Crippen LogP contribution in [0.4, 0.5) is 26.3 Å². The van der Waals surface area contributed by atoms with Gasteiger partial charge in [0.25, 0.3) is 11.4 Å². The predicted octanol–water partition coefficient (Wildman–Crippen LogP) is 7.56. The van der Waals surface area contributed by atoms with Crippen LogP contribution >= 0.6 is 0 Å². The molecule has 4 aromatic carbocycles. The molecule has 0 aliphatic heterocycles. The third-order valence-electron chi connectivity index (χ3n) is 5.84. The van der Waals surface area contributed by atoms with E-state index in [1.54, 1.807) is 12.1 Å². The summed E-state index contributed by atoms with van der Waals surface area (Å²) < 4.78 is 90.7. The quantitative estimate of drug-likeness (QED) is 0.186. The Morgan fingerprint density at radius 3 is 1.19 bits per heavy atom. The molecule has 0 bridgehead atoms. The van der Waals surface area contributed by atoms with Crippen molar-refractivity contribution in [3.8, 4) is 35.1 Å². The molecule has 0 radical (unpaired) electrons. The summed E-state index contributed by atoms with van der Waals surface area (Å²) in [6.45, 7) is 15.1. The SMILES string of the molecule is [C-]#[N+]/C(C#N)=c1/c(Oc2ccc(C(F)(F)F)cc2)c(Oc2ccc(C(F)(F)F)cc2)/c(=C(\C#N)[N+]#[C-])c2ccccc12. The van der Waals surface area contributed by atoms with Gasteiger partial charge in [-0.3, -0.25) is 0 Å². The van der Waals surface area contributed by atoms with E-state index in [-0.39, 0.29) is 32.7 Å². The summed E-state index contributed by atoms with van der Waals surface area (Å²) in [4.78, 5) is 6.48. The van der Waals surface area contributed by atoms with Crippen molar-refractivity contribution in [3.05, 3.63) is 117 Å². The average Bonchev–Trinajstić information content (AvgIpc) is 2.96. The number of hydrogen-bond donors (Lipinski definition) is 0. The van der Waals surface area contributed by atoms with Crippen LogP contribution in [0.5, 0.6) is 23.0 Å². The number of nitriles is 2. The molecule has 4 rings (SSSR count). The van der Waals surface area contributed by atoms with Gasteiger partial charge in [-0.05, 0) is 59.3 Å². The lowest BCUT2D eigenvalue weighted by atomic mass is 10.0. The summed E-state index contributed by atoms with van der Waals surface area (Å²) >= 11 is 0. The number of ether oxygens (including phenoxy) is 2. The van der Waals surface area contributed by atoms with E-state index in [9.17, 15) is 36.9 Å². The van der Waals surface area contributed by atoms with E-state index < -0.39 is 46.4 Å². The standard InChI is InChI=1S/C30H12F6N4O2/c1-39-23(15-37)25-21-5-3-4-6-22(21)26(24(16-38)40-2)28(42-20-13-9-18(10-14-20)30(34,35)36)27(25)41-19-11-7-17(8-12-19)29(31,32)33/h3-14H/b25-23+,26-24+. The van der Waals surface area contributed by atoms with Crippen LogP contribution in [0.2, 0.25) is 0 Å². The summed E-state index contributed by atoms with van der Waals surface area (Å²) in [5.41, 5.74) is -3.04. The maximum atomic E-state index is 13.1. The molecule has 0 amide bonds. The molecule has 4 aromatic rings. The third kappa shape index (κ3) is 5.65. The van der Waals surface area contributed by atoms with Gasteiger partial charge in [0.15, 0.2) is 11.5 Å². The van der Waals surface area contributed by atoms with Crippen molar-refractivity contribution in [3.63, 3.8) is 0 Å². The van der Waals surface area contributed by atoms with Crippen LogP contribution in [0.15, 0.2) is 72.8 Å². The van der Waals surface area contributed by atoms with Gasteiger partial charge in [0.05, 0.1) is 36.4 Å². The molecule has 0 heterocycles. The highest BCUT2D eigenvalue weighted by molar-refractivity contribution is 5.94.